The van der Waals surface area contributed by atoms with Crippen molar-refractivity contribution in [3.05, 3.63) is 0 Å². The topological polar surface area (TPSA) is 63.7 Å². The number of hydrogen-bond acceptors (Lipinski definition) is 4. The Morgan fingerprint density at radius 2 is 2.21 bits per heavy atom. The van der Waals surface area contributed by atoms with Crippen LogP contribution in [0, 0.1) is 0 Å². The summed E-state index contributed by atoms with van der Waals surface area (Å²) in [5, 5.41) is 0. The monoisotopic (exact) mass is 219 g/mol. The molecule has 0 spiro atoms. The number of rotatable bonds is 1. The molecule has 2 heterocycles. The Balaban J connectivity index is 2.22. The molecule has 5 nitrogen and oxygen atoms in total. The summed E-state index contributed by atoms with van der Waals surface area (Å²) in [6.45, 7) is 2.68. The fraction of sp³-hybridized carbons (Fsp3) is 0.875. The highest BCUT2D eigenvalue weighted by atomic mass is 32.2. The van der Waals surface area contributed by atoms with Crippen molar-refractivity contribution < 1.29 is 17.9 Å². The average Bonchev–Trinajstić information content (AvgIpc) is 2.57. The van der Waals surface area contributed by atoms with Crippen LogP contribution in [0.2, 0.25) is 0 Å². The Morgan fingerprint density at radius 3 is 2.64 bits per heavy atom. The molecule has 2 rings (SSSR count). The molecule has 0 aliphatic carbocycles. The van der Waals surface area contributed by atoms with Crippen LogP contribution in [0.3, 0.4) is 0 Å². The number of cyclic esters (lactones) is 1. The fourth-order valence-electron chi connectivity index (χ4n) is 2.09. The smallest absolute Gasteiger partial charge is 0.410 e. The molecule has 2 aliphatic heterocycles. The Morgan fingerprint density at radius 1 is 1.50 bits per heavy atom. The van der Waals surface area contributed by atoms with Crippen molar-refractivity contribution in [1.82, 2.24) is 4.90 Å². The van der Waals surface area contributed by atoms with Crippen LogP contribution in [0.1, 0.15) is 13.3 Å². The van der Waals surface area contributed by atoms with Crippen LogP contribution >= 0.6 is 0 Å². The normalized spacial score (nSPS) is 36.1. The lowest BCUT2D eigenvalue weighted by molar-refractivity contribution is 0.128. The molecule has 0 aromatic heterocycles. The van der Waals surface area contributed by atoms with Gasteiger partial charge >= 0.3 is 6.09 Å². The minimum Gasteiger partial charge on any atom is -0.448 e. The Bertz CT molecular complexity index is 364. The average molecular weight is 219 g/mol. The lowest BCUT2D eigenvalue weighted by Crippen LogP contribution is -2.47. The summed E-state index contributed by atoms with van der Waals surface area (Å²) in [5.74, 6) is 0.238. The van der Waals surface area contributed by atoms with Gasteiger partial charge in [0.15, 0.2) is 9.84 Å². The van der Waals surface area contributed by atoms with E-state index in [1.807, 2.05) is 6.92 Å². The van der Waals surface area contributed by atoms with E-state index in [1.54, 1.807) is 0 Å². The largest absolute Gasteiger partial charge is 0.448 e. The van der Waals surface area contributed by atoms with E-state index in [4.69, 9.17) is 4.74 Å². The van der Waals surface area contributed by atoms with Gasteiger partial charge < -0.3 is 4.74 Å². The summed E-state index contributed by atoms with van der Waals surface area (Å²) in [6, 6.07) is 0. The van der Waals surface area contributed by atoms with Gasteiger partial charge in [-0.1, -0.05) is 0 Å². The second-order valence-electron chi connectivity index (χ2n) is 4.10. The third kappa shape index (κ3) is 1.47. The van der Waals surface area contributed by atoms with Crippen LogP contribution in [-0.4, -0.2) is 49.6 Å². The van der Waals surface area contributed by atoms with Gasteiger partial charge in [-0.3, -0.25) is 4.90 Å². The first-order valence-corrected chi connectivity index (χ1v) is 6.40. The highest BCUT2D eigenvalue weighted by molar-refractivity contribution is 7.91. The quantitative estimate of drug-likeness (QED) is 0.623. The molecule has 6 heteroatoms. The van der Waals surface area contributed by atoms with Gasteiger partial charge in [-0.15, -0.1) is 0 Å². The molecular formula is C8H13NO4S. The minimum absolute atomic E-state index is 0.0646. The number of carbonyl (C=O) groups excluding carboxylic acids is 1. The zero-order valence-corrected chi connectivity index (χ0v) is 8.84. The van der Waals surface area contributed by atoms with Gasteiger partial charge in [0.25, 0.3) is 0 Å². The highest BCUT2D eigenvalue weighted by Crippen LogP contribution is 2.31. The second kappa shape index (κ2) is 2.85. The molecule has 2 saturated heterocycles. The summed E-state index contributed by atoms with van der Waals surface area (Å²) < 4.78 is 27.5. The number of hydrogen-bond donors (Lipinski definition) is 0. The standard InChI is InChI=1S/C8H13NO4S/c1-8(2-5-14(11,12)6-8)9-3-4-13-7(9)10/h2-6H2,1H3/t8-/m0/s1. The third-order valence-electron chi connectivity index (χ3n) is 2.89. The maximum absolute atomic E-state index is 11.3. The van der Waals surface area contributed by atoms with Crippen molar-refractivity contribution in [2.24, 2.45) is 0 Å². The summed E-state index contributed by atoms with van der Waals surface area (Å²) in [7, 11) is -2.96. The Kier molecular flexibility index (Phi) is 1.99. The van der Waals surface area contributed by atoms with Crippen LogP contribution in [0.5, 0.6) is 0 Å². The molecule has 1 atom stereocenters. The summed E-state index contributed by atoms with van der Waals surface area (Å²) >= 11 is 0. The maximum Gasteiger partial charge on any atom is 0.410 e. The van der Waals surface area contributed by atoms with Crippen LogP contribution in [0.4, 0.5) is 4.79 Å². The predicted molar refractivity (Wildman–Crippen MR) is 49.7 cm³/mol. The molecule has 2 aliphatic rings. The van der Waals surface area contributed by atoms with Gasteiger partial charge in [-0.05, 0) is 13.3 Å². The third-order valence-corrected chi connectivity index (χ3v) is 4.78. The molecular weight excluding hydrogens is 206 g/mol. The van der Waals surface area contributed by atoms with Crippen molar-refractivity contribution in [2.75, 3.05) is 24.7 Å². The van der Waals surface area contributed by atoms with Gasteiger partial charge in [-0.25, -0.2) is 13.2 Å². The van der Waals surface area contributed by atoms with Gasteiger partial charge in [0.1, 0.15) is 6.61 Å². The van der Waals surface area contributed by atoms with E-state index in [2.05, 4.69) is 0 Å². The number of nitrogens with zero attached hydrogens (tertiary/aromatic N) is 1. The molecule has 0 radical (unpaired) electrons. The molecule has 0 aromatic rings. The van der Waals surface area contributed by atoms with Crippen molar-refractivity contribution in [3.8, 4) is 0 Å². The molecule has 1 amide bonds. The van der Waals surface area contributed by atoms with Gasteiger partial charge in [0.2, 0.25) is 0 Å². The predicted octanol–water partition coefficient (Wildman–Crippen LogP) is 0.0158. The van der Waals surface area contributed by atoms with E-state index in [1.165, 1.54) is 4.90 Å². The van der Waals surface area contributed by atoms with Crippen molar-refractivity contribution >= 4 is 15.9 Å². The molecule has 0 N–H and O–H groups in total. The first-order chi connectivity index (χ1) is 6.43. The van der Waals surface area contributed by atoms with Crippen molar-refractivity contribution in [3.63, 3.8) is 0 Å². The van der Waals surface area contributed by atoms with Crippen LogP contribution < -0.4 is 0 Å². The molecule has 0 bridgehead atoms. The first-order valence-electron chi connectivity index (χ1n) is 4.58. The van der Waals surface area contributed by atoms with Crippen LogP contribution in [-0.2, 0) is 14.6 Å². The van der Waals surface area contributed by atoms with Gasteiger partial charge in [-0.2, -0.15) is 0 Å². The number of amides is 1. The number of sulfone groups is 1. The zero-order chi connectivity index (χ0) is 10.4. The van der Waals surface area contributed by atoms with Crippen molar-refractivity contribution in [2.45, 2.75) is 18.9 Å². The van der Waals surface area contributed by atoms with Crippen LogP contribution in [0.15, 0.2) is 0 Å². The highest BCUT2D eigenvalue weighted by Gasteiger charge is 2.47. The van der Waals surface area contributed by atoms with E-state index in [9.17, 15) is 13.2 Å². The van der Waals surface area contributed by atoms with Gasteiger partial charge in [0.05, 0.1) is 23.6 Å². The molecule has 0 saturated carbocycles. The molecule has 14 heavy (non-hydrogen) atoms. The Hall–Kier alpha value is -0.780. The summed E-state index contributed by atoms with van der Waals surface area (Å²) in [4.78, 5) is 12.8. The first kappa shape index (κ1) is 9.76. The van der Waals surface area contributed by atoms with E-state index >= 15 is 0 Å². The molecule has 0 unspecified atom stereocenters. The lowest BCUT2D eigenvalue weighted by Gasteiger charge is -2.31. The zero-order valence-electron chi connectivity index (χ0n) is 8.02. The van der Waals surface area contributed by atoms with E-state index < -0.39 is 15.4 Å². The van der Waals surface area contributed by atoms with Crippen LogP contribution in [0.25, 0.3) is 0 Å². The lowest BCUT2D eigenvalue weighted by atomic mass is 10.0. The fourth-order valence-corrected chi connectivity index (χ4v) is 4.23. The van der Waals surface area contributed by atoms with E-state index in [0.29, 0.717) is 19.6 Å². The second-order valence-corrected chi connectivity index (χ2v) is 6.29. The summed E-state index contributed by atoms with van der Waals surface area (Å²) in [6.07, 6.45) is 0.134. The molecule has 2 fully saturated rings. The van der Waals surface area contributed by atoms with Crippen molar-refractivity contribution in [1.29, 1.82) is 0 Å². The maximum atomic E-state index is 11.3. The van der Waals surface area contributed by atoms with E-state index in [-0.39, 0.29) is 17.6 Å². The van der Waals surface area contributed by atoms with Gasteiger partial charge in [0, 0.05) is 0 Å². The summed E-state index contributed by atoms with van der Waals surface area (Å²) in [5.41, 5.74) is -0.549. The SMILES string of the molecule is C[C@]1(N2CCOC2=O)CCS(=O)(=O)C1. The van der Waals surface area contributed by atoms with E-state index in [0.717, 1.165) is 0 Å². The Labute approximate surface area is 82.9 Å². The molecule has 0 aromatic carbocycles. The number of ether oxygens (including phenoxy) is 1. The molecule has 80 valence electrons. The minimum atomic E-state index is -2.96. The number of carbonyl (C=O) groups is 1.